The van der Waals surface area contributed by atoms with E-state index in [4.69, 9.17) is 4.74 Å². The minimum absolute atomic E-state index is 0.163. The van der Waals surface area contributed by atoms with Gasteiger partial charge in [0.25, 0.3) is 0 Å². The van der Waals surface area contributed by atoms with Crippen LogP contribution in [0.2, 0.25) is 0 Å². The first-order chi connectivity index (χ1) is 12.4. The molecule has 8 nitrogen and oxygen atoms in total. The summed E-state index contributed by atoms with van der Waals surface area (Å²) in [5, 5.41) is 8.71. The lowest BCUT2D eigenvalue weighted by molar-refractivity contribution is -0.109. The zero-order valence-corrected chi connectivity index (χ0v) is 15.0. The Hall–Kier alpha value is -3.16. The molecule has 2 heterocycles. The van der Waals surface area contributed by atoms with E-state index in [9.17, 15) is 9.59 Å². The van der Waals surface area contributed by atoms with Crippen LogP contribution in [-0.4, -0.2) is 40.5 Å². The van der Waals surface area contributed by atoms with Gasteiger partial charge in [0.15, 0.2) is 0 Å². The van der Waals surface area contributed by atoms with Crippen LogP contribution < -0.4 is 16.0 Å². The molecule has 0 spiro atoms. The van der Waals surface area contributed by atoms with Gasteiger partial charge < -0.3 is 25.5 Å². The normalized spacial score (nSPS) is 12.0. The predicted octanol–water partition coefficient (Wildman–Crippen LogP) is 2.72. The molecule has 1 atom stereocenters. The van der Waals surface area contributed by atoms with E-state index >= 15 is 0 Å². The molecule has 2 aromatic heterocycles. The number of hydrogen-bond acceptors (Lipinski definition) is 7. The Bertz CT molecular complexity index is 731. The molecular formula is C18H23N5O3. The van der Waals surface area contributed by atoms with E-state index in [2.05, 4.69) is 25.9 Å². The molecule has 3 N–H and O–H groups in total. The third-order valence-electron chi connectivity index (χ3n) is 3.09. The van der Waals surface area contributed by atoms with E-state index < -0.39 is 17.7 Å². The topological polar surface area (TPSA) is 105 Å². The van der Waals surface area contributed by atoms with Crippen LogP contribution in [-0.2, 0) is 9.53 Å². The molecule has 0 saturated carbocycles. The number of nitrogens with zero attached hydrogens (tertiary/aromatic N) is 2. The summed E-state index contributed by atoms with van der Waals surface area (Å²) in [5.41, 5.74) is 0.0687. The second-order valence-corrected chi connectivity index (χ2v) is 6.51. The van der Waals surface area contributed by atoms with Crippen molar-refractivity contribution in [1.29, 1.82) is 0 Å². The molecule has 1 amide bonds. The number of aldehydes is 1. The summed E-state index contributed by atoms with van der Waals surface area (Å²) in [4.78, 5) is 31.5. The Balaban J connectivity index is 1.97. The van der Waals surface area contributed by atoms with Crippen LogP contribution in [0.1, 0.15) is 20.8 Å². The fourth-order valence-electron chi connectivity index (χ4n) is 2.02. The maximum atomic E-state index is 11.8. The van der Waals surface area contributed by atoms with E-state index in [1.54, 1.807) is 39.2 Å². The number of carbonyl (C=O) groups excluding carboxylic acids is 2. The third kappa shape index (κ3) is 6.39. The molecule has 0 aliphatic rings. The standard InChI is InChI=1S/C18H23N5O3/c1-18(2,3)26-17(25)22-13(12-24)11-21-16-14(7-6-10-20-16)23-15-8-4-5-9-19-15/h4-10,12-13H,11H2,1-3H3,(H,19,23)(H,20,21)(H,22,25). The van der Waals surface area contributed by atoms with Crippen molar-refractivity contribution in [3.05, 3.63) is 42.7 Å². The summed E-state index contributed by atoms with van der Waals surface area (Å²) in [6.45, 7) is 5.43. The molecule has 0 aliphatic heterocycles. The summed E-state index contributed by atoms with van der Waals surface area (Å²) in [7, 11) is 0. The maximum absolute atomic E-state index is 11.8. The number of alkyl carbamates (subject to hydrolysis) is 1. The Kier molecular flexibility index (Phi) is 6.48. The molecule has 2 aromatic rings. The van der Waals surface area contributed by atoms with Gasteiger partial charge in [0.1, 0.15) is 29.6 Å². The second-order valence-electron chi connectivity index (χ2n) is 6.51. The Morgan fingerprint density at radius 1 is 1.19 bits per heavy atom. The van der Waals surface area contributed by atoms with Crippen molar-refractivity contribution in [1.82, 2.24) is 15.3 Å². The lowest BCUT2D eigenvalue weighted by Gasteiger charge is -2.22. The summed E-state index contributed by atoms with van der Waals surface area (Å²) in [5.74, 6) is 1.21. The molecule has 1 unspecified atom stereocenters. The fourth-order valence-corrected chi connectivity index (χ4v) is 2.02. The highest BCUT2D eigenvalue weighted by atomic mass is 16.6. The number of amides is 1. The highest BCUT2D eigenvalue weighted by Crippen LogP contribution is 2.21. The number of aromatic nitrogens is 2. The summed E-state index contributed by atoms with van der Waals surface area (Å²) >= 11 is 0. The number of carbonyl (C=O) groups is 2. The summed E-state index contributed by atoms with van der Waals surface area (Å²) in [6.07, 6.45) is 3.30. The first-order valence-corrected chi connectivity index (χ1v) is 8.19. The number of rotatable bonds is 7. The Morgan fingerprint density at radius 3 is 2.62 bits per heavy atom. The van der Waals surface area contributed by atoms with Gasteiger partial charge >= 0.3 is 6.09 Å². The monoisotopic (exact) mass is 357 g/mol. The lowest BCUT2D eigenvalue weighted by atomic mass is 10.2. The van der Waals surface area contributed by atoms with Crippen LogP contribution in [0, 0.1) is 0 Å². The van der Waals surface area contributed by atoms with Crippen molar-refractivity contribution >= 4 is 29.7 Å². The van der Waals surface area contributed by atoms with Crippen LogP contribution in [0.5, 0.6) is 0 Å². The number of pyridine rings is 2. The van der Waals surface area contributed by atoms with E-state index in [1.165, 1.54) is 0 Å². The molecule has 138 valence electrons. The smallest absolute Gasteiger partial charge is 0.408 e. The van der Waals surface area contributed by atoms with Gasteiger partial charge in [-0.15, -0.1) is 0 Å². The molecule has 2 rings (SSSR count). The van der Waals surface area contributed by atoms with E-state index in [0.29, 0.717) is 23.6 Å². The number of hydrogen-bond donors (Lipinski definition) is 3. The van der Waals surface area contributed by atoms with Gasteiger partial charge in [0, 0.05) is 18.9 Å². The first kappa shape index (κ1) is 19.2. The highest BCUT2D eigenvalue weighted by molar-refractivity contribution is 5.75. The van der Waals surface area contributed by atoms with Crippen LogP contribution in [0.15, 0.2) is 42.7 Å². The molecule has 0 bridgehead atoms. The van der Waals surface area contributed by atoms with Crippen molar-refractivity contribution in [2.24, 2.45) is 0 Å². The third-order valence-corrected chi connectivity index (χ3v) is 3.09. The van der Waals surface area contributed by atoms with Crippen molar-refractivity contribution in [2.75, 3.05) is 17.2 Å². The van der Waals surface area contributed by atoms with Gasteiger partial charge in [-0.1, -0.05) is 6.07 Å². The maximum Gasteiger partial charge on any atom is 0.408 e. The van der Waals surface area contributed by atoms with Gasteiger partial charge in [-0.3, -0.25) is 0 Å². The number of anilines is 3. The van der Waals surface area contributed by atoms with Gasteiger partial charge in [0.05, 0.1) is 5.69 Å². The van der Waals surface area contributed by atoms with Gasteiger partial charge in [0.2, 0.25) is 0 Å². The summed E-state index contributed by atoms with van der Waals surface area (Å²) in [6, 6.07) is 8.38. The van der Waals surface area contributed by atoms with Crippen LogP contribution in [0.4, 0.5) is 22.1 Å². The first-order valence-electron chi connectivity index (χ1n) is 8.19. The van der Waals surface area contributed by atoms with E-state index in [1.807, 2.05) is 24.3 Å². The molecule has 0 radical (unpaired) electrons. The average Bonchev–Trinajstić information content (AvgIpc) is 2.59. The molecule has 0 saturated heterocycles. The summed E-state index contributed by atoms with van der Waals surface area (Å²) < 4.78 is 5.15. The SMILES string of the molecule is CC(C)(C)OC(=O)NC(C=O)CNc1ncccc1Nc1ccccn1. The van der Waals surface area contributed by atoms with Crippen molar-refractivity contribution in [2.45, 2.75) is 32.4 Å². The van der Waals surface area contributed by atoms with Crippen molar-refractivity contribution in [3.63, 3.8) is 0 Å². The van der Waals surface area contributed by atoms with Crippen LogP contribution >= 0.6 is 0 Å². The lowest BCUT2D eigenvalue weighted by Crippen LogP contribution is -2.43. The molecule has 0 aromatic carbocycles. The number of ether oxygens (including phenoxy) is 1. The van der Waals surface area contributed by atoms with Crippen molar-refractivity contribution in [3.8, 4) is 0 Å². The van der Waals surface area contributed by atoms with Crippen LogP contribution in [0.25, 0.3) is 0 Å². The largest absolute Gasteiger partial charge is 0.444 e. The molecule has 8 heteroatoms. The molecule has 0 aliphatic carbocycles. The zero-order valence-electron chi connectivity index (χ0n) is 15.0. The molecule has 0 fully saturated rings. The molecule has 26 heavy (non-hydrogen) atoms. The van der Waals surface area contributed by atoms with Crippen molar-refractivity contribution < 1.29 is 14.3 Å². The fraction of sp³-hybridized carbons (Fsp3) is 0.333. The number of nitrogens with one attached hydrogen (secondary N) is 3. The predicted molar refractivity (Wildman–Crippen MR) is 99.5 cm³/mol. The molecular weight excluding hydrogens is 334 g/mol. The van der Waals surface area contributed by atoms with E-state index in [0.717, 1.165) is 0 Å². The minimum Gasteiger partial charge on any atom is -0.444 e. The second kappa shape index (κ2) is 8.80. The van der Waals surface area contributed by atoms with Crippen LogP contribution in [0.3, 0.4) is 0 Å². The zero-order chi connectivity index (χ0) is 19.0. The van der Waals surface area contributed by atoms with E-state index in [-0.39, 0.29) is 6.54 Å². The Morgan fingerprint density at radius 2 is 1.96 bits per heavy atom. The highest BCUT2D eigenvalue weighted by Gasteiger charge is 2.19. The minimum atomic E-state index is -0.755. The van der Waals surface area contributed by atoms with Gasteiger partial charge in [-0.05, 0) is 45.0 Å². The average molecular weight is 357 g/mol. The van der Waals surface area contributed by atoms with Gasteiger partial charge in [-0.25, -0.2) is 14.8 Å². The van der Waals surface area contributed by atoms with Gasteiger partial charge in [-0.2, -0.15) is 0 Å². The quantitative estimate of drug-likeness (QED) is 0.654. The Labute approximate surface area is 152 Å².